The van der Waals surface area contributed by atoms with Gasteiger partial charge in [-0.25, -0.2) is 13.4 Å². The zero-order valence-electron chi connectivity index (χ0n) is 15.8. The average Bonchev–Trinajstić information content (AvgIpc) is 2.73. The summed E-state index contributed by atoms with van der Waals surface area (Å²) in [5.41, 5.74) is -0.214. The normalized spacial score (nSPS) is 11.9. The summed E-state index contributed by atoms with van der Waals surface area (Å²) in [6.07, 6.45) is 1.47. The van der Waals surface area contributed by atoms with E-state index < -0.39 is 39.9 Å². The number of carboxylic acid groups (broad SMARTS) is 2. The van der Waals surface area contributed by atoms with Gasteiger partial charge in [0.05, 0.1) is 4.90 Å². The van der Waals surface area contributed by atoms with Crippen LogP contribution in [0.15, 0.2) is 69.9 Å². The molecule has 0 bridgehead atoms. The fraction of sp³-hybridized carbons (Fsp3) is 0.105. The standard InChI is InChI=1S/C19H16N4O7S/c24-17(25)10-23(11-18(26)27)31(29,30)15-9-14(21-22-16-7-3-4-8-20-16)19(28)13-6-2-1-5-12(13)15/h1-9,28H,10-11H2,(H,24,25)(H,26,27)/b22-21+. The van der Waals surface area contributed by atoms with E-state index in [1.165, 1.54) is 24.4 Å². The summed E-state index contributed by atoms with van der Waals surface area (Å²) in [5, 5.41) is 36.6. The average molecular weight is 444 g/mol. The molecular formula is C19H16N4O7S. The van der Waals surface area contributed by atoms with E-state index in [1.54, 1.807) is 24.3 Å². The summed E-state index contributed by atoms with van der Waals surface area (Å²) >= 11 is 0. The van der Waals surface area contributed by atoms with Crippen molar-refractivity contribution in [3.63, 3.8) is 0 Å². The summed E-state index contributed by atoms with van der Waals surface area (Å²) in [6, 6.07) is 11.8. The number of phenolic OH excluding ortho intramolecular Hbond substituents is 1. The second kappa shape index (κ2) is 8.85. The van der Waals surface area contributed by atoms with Crippen LogP contribution in [0.1, 0.15) is 0 Å². The Hall–Kier alpha value is -3.90. The van der Waals surface area contributed by atoms with Crippen molar-refractivity contribution in [3.05, 3.63) is 54.7 Å². The molecule has 31 heavy (non-hydrogen) atoms. The number of phenols is 1. The van der Waals surface area contributed by atoms with E-state index >= 15 is 0 Å². The van der Waals surface area contributed by atoms with Crippen LogP contribution in [0, 0.1) is 0 Å². The number of pyridine rings is 1. The van der Waals surface area contributed by atoms with Gasteiger partial charge in [0.15, 0.2) is 11.6 Å². The predicted octanol–water partition coefficient (Wildman–Crippen LogP) is 2.52. The molecule has 1 heterocycles. The molecule has 0 atom stereocenters. The topological polar surface area (TPSA) is 170 Å². The number of nitrogens with zero attached hydrogens (tertiary/aromatic N) is 4. The molecule has 0 saturated carbocycles. The number of aromatic nitrogens is 1. The van der Waals surface area contributed by atoms with Crippen molar-refractivity contribution in [2.75, 3.05) is 13.1 Å². The van der Waals surface area contributed by atoms with E-state index in [-0.39, 0.29) is 28.0 Å². The highest BCUT2D eigenvalue weighted by molar-refractivity contribution is 7.89. The van der Waals surface area contributed by atoms with Gasteiger partial charge in [-0.15, -0.1) is 10.2 Å². The maximum Gasteiger partial charge on any atom is 0.318 e. The fourth-order valence-electron chi connectivity index (χ4n) is 2.79. The zero-order valence-corrected chi connectivity index (χ0v) is 16.6. The van der Waals surface area contributed by atoms with Crippen LogP contribution in [0.2, 0.25) is 0 Å². The first kappa shape index (κ1) is 21.8. The van der Waals surface area contributed by atoms with Crippen LogP contribution < -0.4 is 0 Å². The smallest absolute Gasteiger partial charge is 0.318 e. The molecule has 0 fully saturated rings. The van der Waals surface area contributed by atoms with Gasteiger partial charge in [-0.05, 0) is 18.2 Å². The first-order valence-electron chi connectivity index (χ1n) is 8.71. The van der Waals surface area contributed by atoms with Crippen LogP contribution in [0.4, 0.5) is 11.5 Å². The van der Waals surface area contributed by atoms with Gasteiger partial charge >= 0.3 is 11.9 Å². The molecule has 0 saturated heterocycles. The number of rotatable bonds is 8. The quantitative estimate of drug-likeness (QED) is 0.445. The van der Waals surface area contributed by atoms with Crippen LogP contribution in [0.25, 0.3) is 10.8 Å². The second-order valence-corrected chi connectivity index (χ2v) is 8.14. The predicted molar refractivity (Wildman–Crippen MR) is 108 cm³/mol. The number of carboxylic acids is 2. The van der Waals surface area contributed by atoms with Crippen LogP contribution in [0.3, 0.4) is 0 Å². The molecule has 0 spiro atoms. The van der Waals surface area contributed by atoms with Gasteiger partial charge < -0.3 is 15.3 Å². The molecule has 0 amide bonds. The SMILES string of the molecule is O=C(O)CN(CC(=O)O)S(=O)(=O)c1cc(/N=N/c2ccccn2)c(O)c2ccccc12. The molecule has 2 aromatic carbocycles. The van der Waals surface area contributed by atoms with Crippen molar-refractivity contribution in [2.45, 2.75) is 4.90 Å². The molecule has 3 N–H and O–H groups in total. The summed E-state index contributed by atoms with van der Waals surface area (Å²) in [5.74, 6) is -3.19. The van der Waals surface area contributed by atoms with Crippen molar-refractivity contribution >= 4 is 44.2 Å². The number of hydrogen-bond acceptors (Lipinski definition) is 8. The number of sulfonamides is 1. The van der Waals surface area contributed by atoms with E-state index in [0.717, 1.165) is 6.07 Å². The van der Waals surface area contributed by atoms with Gasteiger partial charge in [0, 0.05) is 17.0 Å². The van der Waals surface area contributed by atoms with Gasteiger partial charge in [-0.2, -0.15) is 4.31 Å². The number of aromatic hydroxyl groups is 1. The van der Waals surface area contributed by atoms with Gasteiger partial charge in [-0.1, -0.05) is 30.3 Å². The van der Waals surface area contributed by atoms with Crippen LogP contribution in [-0.2, 0) is 19.6 Å². The van der Waals surface area contributed by atoms with Gasteiger partial charge in [-0.3, -0.25) is 9.59 Å². The molecule has 0 unspecified atom stereocenters. The lowest BCUT2D eigenvalue weighted by molar-refractivity contribution is -0.139. The zero-order chi connectivity index (χ0) is 22.6. The number of hydrogen-bond donors (Lipinski definition) is 3. The van der Waals surface area contributed by atoms with Crippen LogP contribution in [-0.4, -0.2) is 58.1 Å². The third-order valence-electron chi connectivity index (χ3n) is 4.11. The Balaban J connectivity index is 2.21. The molecule has 0 aliphatic heterocycles. The van der Waals surface area contributed by atoms with Crippen molar-refractivity contribution in [1.82, 2.24) is 9.29 Å². The van der Waals surface area contributed by atoms with E-state index in [9.17, 15) is 23.1 Å². The fourth-order valence-corrected chi connectivity index (χ4v) is 4.34. The van der Waals surface area contributed by atoms with E-state index in [4.69, 9.17) is 10.2 Å². The van der Waals surface area contributed by atoms with Gasteiger partial charge in [0.1, 0.15) is 18.8 Å². The number of fused-ring (bicyclic) bond motifs is 1. The number of benzene rings is 2. The van der Waals surface area contributed by atoms with Crippen molar-refractivity contribution in [2.24, 2.45) is 10.2 Å². The largest absolute Gasteiger partial charge is 0.505 e. The first-order chi connectivity index (χ1) is 14.7. The number of carbonyl (C=O) groups is 2. The minimum atomic E-state index is -4.60. The van der Waals surface area contributed by atoms with Crippen molar-refractivity contribution < 1.29 is 33.3 Å². The monoisotopic (exact) mass is 444 g/mol. The Bertz CT molecular complexity index is 1260. The highest BCUT2D eigenvalue weighted by Gasteiger charge is 2.31. The van der Waals surface area contributed by atoms with E-state index in [1.807, 2.05) is 0 Å². The number of azo groups is 1. The highest BCUT2D eigenvalue weighted by atomic mass is 32.2. The summed E-state index contributed by atoms with van der Waals surface area (Å²) in [6.45, 7) is -2.12. The molecule has 0 aliphatic carbocycles. The molecular weight excluding hydrogens is 428 g/mol. The highest BCUT2D eigenvalue weighted by Crippen LogP contribution is 2.40. The molecule has 0 radical (unpaired) electrons. The summed E-state index contributed by atoms with van der Waals surface area (Å²) in [7, 11) is -4.60. The Morgan fingerprint density at radius 2 is 1.55 bits per heavy atom. The minimum absolute atomic E-state index is 0.0672. The Kier molecular flexibility index (Phi) is 6.22. The van der Waals surface area contributed by atoms with Crippen molar-refractivity contribution in [3.8, 4) is 5.75 Å². The Morgan fingerprint density at radius 1 is 0.935 bits per heavy atom. The lowest BCUT2D eigenvalue weighted by Crippen LogP contribution is -2.39. The summed E-state index contributed by atoms with van der Waals surface area (Å²) < 4.78 is 26.7. The molecule has 160 valence electrons. The lowest BCUT2D eigenvalue weighted by Gasteiger charge is -2.20. The van der Waals surface area contributed by atoms with Crippen LogP contribution in [0.5, 0.6) is 5.75 Å². The molecule has 11 nitrogen and oxygen atoms in total. The van der Waals surface area contributed by atoms with E-state index in [2.05, 4.69) is 15.2 Å². The minimum Gasteiger partial charge on any atom is -0.505 e. The molecule has 1 aromatic heterocycles. The molecule has 12 heteroatoms. The van der Waals surface area contributed by atoms with Gasteiger partial charge in [0.2, 0.25) is 10.0 Å². The third-order valence-corrected chi connectivity index (χ3v) is 5.94. The lowest BCUT2D eigenvalue weighted by atomic mass is 10.1. The molecule has 0 aliphatic rings. The Labute approximate surface area is 176 Å². The maximum atomic E-state index is 13.2. The first-order valence-corrected chi connectivity index (χ1v) is 10.2. The second-order valence-electron chi connectivity index (χ2n) is 6.24. The summed E-state index contributed by atoms with van der Waals surface area (Å²) in [4.78, 5) is 25.8. The van der Waals surface area contributed by atoms with Gasteiger partial charge in [0.25, 0.3) is 0 Å². The molecule has 3 rings (SSSR count). The third kappa shape index (κ3) is 4.82. The van der Waals surface area contributed by atoms with E-state index in [0.29, 0.717) is 4.31 Å². The molecule has 3 aromatic rings. The van der Waals surface area contributed by atoms with Crippen LogP contribution >= 0.6 is 0 Å². The van der Waals surface area contributed by atoms with Crippen molar-refractivity contribution in [1.29, 1.82) is 0 Å². The number of aliphatic carboxylic acids is 2. The Morgan fingerprint density at radius 3 is 2.13 bits per heavy atom. The maximum absolute atomic E-state index is 13.2.